The largest absolute Gasteiger partial charge is 0.482 e. The highest BCUT2D eigenvalue weighted by Gasteiger charge is 2.09. The van der Waals surface area contributed by atoms with Gasteiger partial charge >= 0.3 is 5.97 Å². The molecule has 0 N–H and O–H groups in total. The highest BCUT2D eigenvalue weighted by atomic mass is 16.6. The van der Waals surface area contributed by atoms with Gasteiger partial charge < -0.3 is 14.0 Å². The SMILES string of the molecule is O=C(COc1ccccc1)OCc1cc(-c2ccccc2)on1. The van der Waals surface area contributed by atoms with Crippen molar-refractivity contribution in [2.24, 2.45) is 0 Å². The molecule has 23 heavy (non-hydrogen) atoms. The summed E-state index contributed by atoms with van der Waals surface area (Å²) >= 11 is 0. The molecule has 3 rings (SSSR count). The zero-order valence-electron chi connectivity index (χ0n) is 12.3. The van der Waals surface area contributed by atoms with Crippen LogP contribution in [-0.4, -0.2) is 17.7 Å². The number of carbonyl (C=O) groups excluding carboxylic acids is 1. The van der Waals surface area contributed by atoms with Gasteiger partial charge in [-0.05, 0) is 12.1 Å². The molecule has 3 aromatic rings. The van der Waals surface area contributed by atoms with Crippen LogP contribution in [0.2, 0.25) is 0 Å². The fourth-order valence-corrected chi connectivity index (χ4v) is 1.97. The predicted molar refractivity (Wildman–Crippen MR) is 83.7 cm³/mol. The Morgan fingerprint density at radius 1 is 1.00 bits per heavy atom. The van der Waals surface area contributed by atoms with Crippen LogP contribution in [0.4, 0.5) is 0 Å². The number of ether oxygens (including phenoxy) is 2. The molecule has 1 aromatic heterocycles. The Bertz CT molecular complexity index is 753. The summed E-state index contributed by atoms with van der Waals surface area (Å²) in [6, 6.07) is 20.4. The Morgan fingerprint density at radius 3 is 2.43 bits per heavy atom. The van der Waals surface area contributed by atoms with Crippen molar-refractivity contribution in [2.75, 3.05) is 6.61 Å². The molecule has 0 unspecified atom stereocenters. The van der Waals surface area contributed by atoms with E-state index in [-0.39, 0.29) is 13.2 Å². The molecule has 2 aromatic carbocycles. The minimum atomic E-state index is -0.460. The van der Waals surface area contributed by atoms with Gasteiger partial charge in [0, 0.05) is 11.6 Å². The first-order valence-corrected chi connectivity index (χ1v) is 7.16. The molecule has 0 saturated heterocycles. The lowest BCUT2D eigenvalue weighted by atomic mass is 10.2. The van der Waals surface area contributed by atoms with E-state index in [1.165, 1.54) is 0 Å². The first-order valence-electron chi connectivity index (χ1n) is 7.16. The van der Waals surface area contributed by atoms with Gasteiger partial charge in [-0.15, -0.1) is 0 Å². The molecule has 0 amide bonds. The molecule has 0 aliphatic heterocycles. The van der Waals surface area contributed by atoms with Crippen LogP contribution in [0, 0.1) is 0 Å². The molecule has 1 heterocycles. The van der Waals surface area contributed by atoms with Crippen LogP contribution in [0.5, 0.6) is 5.75 Å². The molecule has 0 bridgehead atoms. The van der Waals surface area contributed by atoms with Gasteiger partial charge in [0.25, 0.3) is 0 Å². The average Bonchev–Trinajstić information content (AvgIpc) is 3.09. The van der Waals surface area contributed by atoms with Crippen molar-refractivity contribution < 1.29 is 18.8 Å². The Labute approximate surface area is 133 Å². The minimum absolute atomic E-state index is 0.0489. The van der Waals surface area contributed by atoms with Gasteiger partial charge in [0.05, 0.1) is 0 Å². The van der Waals surface area contributed by atoms with E-state index in [1.54, 1.807) is 18.2 Å². The highest BCUT2D eigenvalue weighted by molar-refractivity contribution is 5.71. The molecule has 0 spiro atoms. The van der Waals surface area contributed by atoms with E-state index in [0.29, 0.717) is 17.2 Å². The lowest BCUT2D eigenvalue weighted by molar-refractivity contribution is -0.147. The second-order valence-electron chi connectivity index (χ2n) is 4.81. The van der Waals surface area contributed by atoms with Crippen LogP contribution in [0.1, 0.15) is 5.69 Å². The van der Waals surface area contributed by atoms with Crippen molar-refractivity contribution in [2.45, 2.75) is 6.61 Å². The maximum Gasteiger partial charge on any atom is 0.344 e. The fourth-order valence-electron chi connectivity index (χ4n) is 1.97. The lowest BCUT2D eigenvalue weighted by Crippen LogP contribution is -2.14. The molecular weight excluding hydrogens is 294 g/mol. The number of carbonyl (C=O) groups is 1. The van der Waals surface area contributed by atoms with Crippen LogP contribution in [0.15, 0.2) is 71.3 Å². The summed E-state index contributed by atoms with van der Waals surface area (Å²) in [7, 11) is 0. The lowest BCUT2D eigenvalue weighted by Gasteiger charge is -2.05. The van der Waals surface area contributed by atoms with E-state index in [1.807, 2.05) is 48.5 Å². The third-order valence-electron chi connectivity index (χ3n) is 3.10. The zero-order chi connectivity index (χ0) is 15.9. The van der Waals surface area contributed by atoms with Gasteiger partial charge in [0.1, 0.15) is 18.1 Å². The molecule has 0 aliphatic rings. The van der Waals surface area contributed by atoms with Crippen LogP contribution in [0.25, 0.3) is 11.3 Å². The average molecular weight is 309 g/mol. The van der Waals surface area contributed by atoms with Gasteiger partial charge in [-0.3, -0.25) is 0 Å². The summed E-state index contributed by atoms with van der Waals surface area (Å²) in [5.41, 5.74) is 1.47. The number of aromatic nitrogens is 1. The Morgan fingerprint density at radius 2 is 1.70 bits per heavy atom. The Kier molecular flexibility index (Phi) is 4.69. The molecule has 0 aliphatic carbocycles. The fraction of sp³-hybridized carbons (Fsp3) is 0.111. The molecule has 0 fully saturated rings. The van der Waals surface area contributed by atoms with Gasteiger partial charge in [-0.25, -0.2) is 4.79 Å². The maximum absolute atomic E-state index is 11.7. The first-order chi connectivity index (χ1) is 11.3. The third-order valence-corrected chi connectivity index (χ3v) is 3.10. The van der Waals surface area contributed by atoms with E-state index < -0.39 is 5.97 Å². The number of benzene rings is 2. The maximum atomic E-state index is 11.7. The molecule has 0 saturated carbocycles. The summed E-state index contributed by atoms with van der Waals surface area (Å²) in [6.45, 7) is -0.0965. The smallest absolute Gasteiger partial charge is 0.344 e. The van der Waals surface area contributed by atoms with Crippen molar-refractivity contribution in [3.05, 3.63) is 72.4 Å². The summed E-state index contributed by atoms with van der Waals surface area (Å²) in [5.74, 6) is 0.799. The number of rotatable bonds is 6. The van der Waals surface area contributed by atoms with Crippen molar-refractivity contribution in [3.8, 4) is 17.1 Å². The normalized spacial score (nSPS) is 10.3. The van der Waals surface area contributed by atoms with Crippen LogP contribution < -0.4 is 4.74 Å². The van der Waals surface area contributed by atoms with Gasteiger partial charge in [0.2, 0.25) is 0 Å². The van der Waals surface area contributed by atoms with E-state index in [9.17, 15) is 4.79 Å². The van der Waals surface area contributed by atoms with Crippen LogP contribution in [-0.2, 0) is 16.1 Å². The van der Waals surface area contributed by atoms with E-state index in [2.05, 4.69) is 5.16 Å². The van der Waals surface area contributed by atoms with Crippen molar-refractivity contribution >= 4 is 5.97 Å². The highest BCUT2D eigenvalue weighted by Crippen LogP contribution is 2.20. The number of hydrogen-bond donors (Lipinski definition) is 0. The first kappa shape index (κ1) is 14.8. The topological polar surface area (TPSA) is 61.6 Å². The number of nitrogens with zero attached hydrogens (tertiary/aromatic N) is 1. The molecule has 5 heteroatoms. The second-order valence-corrected chi connectivity index (χ2v) is 4.81. The molecule has 116 valence electrons. The third kappa shape index (κ3) is 4.20. The van der Waals surface area contributed by atoms with E-state index >= 15 is 0 Å². The minimum Gasteiger partial charge on any atom is -0.482 e. The second kappa shape index (κ2) is 7.26. The van der Waals surface area contributed by atoms with Gasteiger partial charge in [-0.1, -0.05) is 53.7 Å². The molecule has 0 radical (unpaired) electrons. The number of esters is 1. The van der Waals surface area contributed by atoms with Crippen molar-refractivity contribution in [3.63, 3.8) is 0 Å². The standard InChI is InChI=1S/C18H15NO4/c20-18(13-21-16-9-5-2-6-10-16)22-12-15-11-17(23-19-15)14-7-3-1-4-8-14/h1-11H,12-13H2. The number of hydrogen-bond acceptors (Lipinski definition) is 5. The van der Waals surface area contributed by atoms with E-state index in [4.69, 9.17) is 14.0 Å². The summed E-state index contributed by atoms with van der Waals surface area (Å²) in [6.07, 6.45) is 0. The summed E-state index contributed by atoms with van der Waals surface area (Å²) in [4.78, 5) is 11.7. The predicted octanol–water partition coefficient (Wildman–Crippen LogP) is 3.46. The summed E-state index contributed by atoms with van der Waals surface area (Å²) < 4.78 is 15.7. The van der Waals surface area contributed by atoms with Crippen LogP contribution in [0.3, 0.4) is 0 Å². The quantitative estimate of drug-likeness (QED) is 0.653. The molecular formula is C18H15NO4. The number of para-hydroxylation sites is 1. The van der Waals surface area contributed by atoms with Crippen molar-refractivity contribution in [1.29, 1.82) is 0 Å². The Hall–Kier alpha value is -3.08. The monoisotopic (exact) mass is 309 g/mol. The zero-order valence-corrected chi connectivity index (χ0v) is 12.3. The Balaban J connectivity index is 1.49. The molecule has 5 nitrogen and oxygen atoms in total. The van der Waals surface area contributed by atoms with Crippen LogP contribution >= 0.6 is 0 Å². The molecule has 0 atom stereocenters. The van der Waals surface area contributed by atoms with Gasteiger partial charge in [0.15, 0.2) is 12.4 Å². The van der Waals surface area contributed by atoms with Gasteiger partial charge in [-0.2, -0.15) is 0 Å². The summed E-state index contributed by atoms with van der Waals surface area (Å²) in [5, 5.41) is 3.89. The van der Waals surface area contributed by atoms with Crippen molar-refractivity contribution in [1.82, 2.24) is 5.16 Å². The van der Waals surface area contributed by atoms with E-state index in [0.717, 1.165) is 5.56 Å².